The lowest BCUT2D eigenvalue weighted by Gasteiger charge is -1.99. The molecular weight excluding hydrogens is 198 g/mol. The highest BCUT2D eigenvalue weighted by Crippen LogP contribution is 2.16. The molecule has 76 valence electrons. The number of pyridine rings is 1. The molecule has 0 atom stereocenters. The second-order valence-corrected chi connectivity index (χ2v) is 3.36. The number of rotatable bonds is 4. The smallest absolute Gasteiger partial charge is 0.130 e. The zero-order chi connectivity index (χ0) is 10.4. The van der Waals surface area contributed by atoms with Crippen molar-refractivity contribution in [3.05, 3.63) is 28.9 Å². The highest BCUT2D eigenvalue weighted by Gasteiger charge is 1.96. The van der Waals surface area contributed by atoms with Crippen molar-refractivity contribution < 1.29 is 0 Å². The van der Waals surface area contributed by atoms with Crippen LogP contribution in [0.3, 0.4) is 0 Å². The van der Waals surface area contributed by atoms with E-state index < -0.39 is 0 Å². The van der Waals surface area contributed by atoms with E-state index in [0.29, 0.717) is 10.8 Å². The Labute approximate surface area is 89.0 Å². The van der Waals surface area contributed by atoms with Crippen LogP contribution in [0.25, 0.3) is 6.08 Å². The van der Waals surface area contributed by atoms with Crippen molar-refractivity contribution in [3.8, 4) is 0 Å². The number of aromatic nitrogens is 1. The van der Waals surface area contributed by atoms with Gasteiger partial charge in [0.15, 0.2) is 0 Å². The van der Waals surface area contributed by atoms with E-state index in [1.807, 2.05) is 19.2 Å². The van der Waals surface area contributed by atoms with Crippen molar-refractivity contribution in [1.29, 1.82) is 0 Å². The Kier molecular flexibility index (Phi) is 4.43. The van der Waals surface area contributed by atoms with Gasteiger partial charge in [0.1, 0.15) is 5.82 Å². The topological polar surface area (TPSA) is 50.9 Å². The number of nitrogen functional groups attached to an aromatic ring is 1. The minimum absolute atomic E-state index is 0.509. The first kappa shape index (κ1) is 11.0. The van der Waals surface area contributed by atoms with E-state index in [1.165, 1.54) is 0 Å². The molecular formula is C10H14ClN3. The van der Waals surface area contributed by atoms with Crippen molar-refractivity contribution in [3.63, 3.8) is 0 Å². The molecule has 1 rings (SSSR count). The first-order valence-electron chi connectivity index (χ1n) is 4.46. The summed E-state index contributed by atoms with van der Waals surface area (Å²) in [5.41, 5.74) is 6.54. The number of anilines is 1. The SMILES string of the molecule is CNCCC=Cc1cc(Cl)cnc1N. The first-order chi connectivity index (χ1) is 6.74. The van der Waals surface area contributed by atoms with Crippen LogP contribution in [0.15, 0.2) is 18.3 Å². The fraction of sp³-hybridized carbons (Fsp3) is 0.300. The quantitative estimate of drug-likeness (QED) is 0.749. The zero-order valence-electron chi connectivity index (χ0n) is 8.13. The van der Waals surface area contributed by atoms with E-state index in [4.69, 9.17) is 17.3 Å². The van der Waals surface area contributed by atoms with E-state index in [0.717, 1.165) is 18.5 Å². The maximum atomic E-state index is 5.79. The number of hydrogen-bond donors (Lipinski definition) is 2. The molecule has 14 heavy (non-hydrogen) atoms. The molecule has 4 heteroatoms. The van der Waals surface area contributed by atoms with Crippen molar-refractivity contribution >= 4 is 23.5 Å². The Balaban J connectivity index is 2.65. The van der Waals surface area contributed by atoms with E-state index in [-0.39, 0.29) is 0 Å². The van der Waals surface area contributed by atoms with Crippen molar-refractivity contribution in [2.45, 2.75) is 6.42 Å². The average molecular weight is 212 g/mol. The summed E-state index contributed by atoms with van der Waals surface area (Å²) in [5, 5.41) is 3.66. The Morgan fingerprint density at radius 2 is 2.43 bits per heavy atom. The molecule has 0 fully saturated rings. The lowest BCUT2D eigenvalue weighted by atomic mass is 10.2. The second kappa shape index (κ2) is 5.62. The molecule has 1 aromatic rings. The van der Waals surface area contributed by atoms with Crippen LogP contribution in [0.1, 0.15) is 12.0 Å². The van der Waals surface area contributed by atoms with Crippen LogP contribution < -0.4 is 11.1 Å². The van der Waals surface area contributed by atoms with Gasteiger partial charge in [0.25, 0.3) is 0 Å². The molecule has 1 heterocycles. The number of nitrogens with two attached hydrogens (primary N) is 1. The standard InChI is InChI=1S/C10H14ClN3/c1-13-5-3-2-4-8-6-9(11)7-14-10(8)12/h2,4,6-7,13H,3,5H2,1H3,(H2,12,14). The number of hydrogen-bond acceptors (Lipinski definition) is 3. The molecule has 3 N–H and O–H groups in total. The van der Waals surface area contributed by atoms with Crippen LogP contribution in [0, 0.1) is 0 Å². The molecule has 0 aliphatic carbocycles. The van der Waals surface area contributed by atoms with Gasteiger partial charge in [-0.25, -0.2) is 4.98 Å². The van der Waals surface area contributed by atoms with Gasteiger partial charge in [-0.15, -0.1) is 0 Å². The maximum absolute atomic E-state index is 5.79. The monoisotopic (exact) mass is 211 g/mol. The molecule has 3 nitrogen and oxygen atoms in total. The fourth-order valence-electron chi connectivity index (χ4n) is 1.04. The Bertz CT molecular complexity index is 323. The van der Waals surface area contributed by atoms with Crippen molar-refractivity contribution in [2.75, 3.05) is 19.3 Å². The Morgan fingerprint density at radius 1 is 1.64 bits per heavy atom. The predicted octanol–water partition coefficient (Wildman–Crippen LogP) is 1.94. The molecule has 0 bridgehead atoms. The minimum atomic E-state index is 0.509. The summed E-state index contributed by atoms with van der Waals surface area (Å²) in [5.74, 6) is 0.509. The van der Waals surface area contributed by atoms with Crippen LogP contribution in [0.2, 0.25) is 5.02 Å². The number of nitrogens with one attached hydrogen (secondary N) is 1. The molecule has 0 spiro atoms. The van der Waals surface area contributed by atoms with E-state index in [1.54, 1.807) is 12.3 Å². The molecule has 0 saturated heterocycles. The molecule has 0 radical (unpaired) electrons. The molecule has 0 aliphatic heterocycles. The van der Waals surface area contributed by atoms with Gasteiger partial charge >= 0.3 is 0 Å². The highest BCUT2D eigenvalue weighted by atomic mass is 35.5. The first-order valence-corrected chi connectivity index (χ1v) is 4.84. The normalized spacial score (nSPS) is 11.0. The van der Waals surface area contributed by atoms with Gasteiger partial charge < -0.3 is 11.1 Å². The van der Waals surface area contributed by atoms with Gasteiger partial charge in [-0.1, -0.05) is 23.8 Å². The van der Waals surface area contributed by atoms with Crippen molar-refractivity contribution in [1.82, 2.24) is 10.3 Å². The third-order valence-electron chi connectivity index (χ3n) is 1.77. The van der Waals surface area contributed by atoms with Crippen LogP contribution in [0.5, 0.6) is 0 Å². The molecule has 0 saturated carbocycles. The summed E-state index contributed by atoms with van der Waals surface area (Å²) in [7, 11) is 1.92. The second-order valence-electron chi connectivity index (χ2n) is 2.92. The van der Waals surface area contributed by atoms with E-state index in [2.05, 4.69) is 10.3 Å². The Morgan fingerprint density at radius 3 is 3.14 bits per heavy atom. The van der Waals surface area contributed by atoms with Crippen LogP contribution in [-0.2, 0) is 0 Å². The zero-order valence-corrected chi connectivity index (χ0v) is 8.88. The maximum Gasteiger partial charge on any atom is 0.130 e. The van der Waals surface area contributed by atoms with Gasteiger partial charge in [-0.2, -0.15) is 0 Å². The lowest BCUT2D eigenvalue weighted by molar-refractivity contribution is 0.809. The Hall–Kier alpha value is -1.06. The third-order valence-corrected chi connectivity index (χ3v) is 1.98. The number of halogens is 1. The van der Waals surface area contributed by atoms with Crippen LogP contribution in [0.4, 0.5) is 5.82 Å². The van der Waals surface area contributed by atoms with Crippen LogP contribution in [-0.4, -0.2) is 18.6 Å². The molecule has 0 amide bonds. The van der Waals surface area contributed by atoms with E-state index >= 15 is 0 Å². The summed E-state index contributed by atoms with van der Waals surface area (Å²) in [6, 6.07) is 1.81. The minimum Gasteiger partial charge on any atom is -0.383 e. The molecule has 0 unspecified atom stereocenters. The van der Waals surface area contributed by atoms with Gasteiger partial charge in [-0.3, -0.25) is 0 Å². The van der Waals surface area contributed by atoms with Gasteiger partial charge in [0.2, 0.25) is 0 Å². The molecule has 0 aliphatic rings. The molecule has 1 aromatic heterocycles. The van der Waals surface area contributed by atoms with Gasteiger partial charge in [0.05, 0.1) is 5.02 Å². The summed E-state index contributed by atoms with van der Waals surface area (Å²) in [6.45, 7) is 0.949. The van der Waals surface area contributed by atoms with Gasteiger partial charge in [0, 0.05) is 11.8 Å². The van der Waals surface area contributed by atoms with Crippen LogP contribution >= 0.6 is 11.6 Å². The lowest BCUT2D eigenvalue weighted by Crippen LogP contribution is -2.05. The largest absolute Gasteiger partial charge is 0.383 e. The molecule has 0 aromatic carbocycles. The average Bonchev–Trinajstić information content (AvgIpc) is 2.18. The van der Waals surface area contributed by atoms with Gasteiger partial charge in [-0.05, 0) is 26.1 Å². The number of nitrogens with zero attached hydrogens (tertiary/aromatic N) is 1. The third kappa shape index (κ3) is 3.36. The predicted molar refractivity (Wildman–Crippen MR) is 61.2 cm³/mol. The highest BCUT2D eigenvalue weighted by molar-refractivity contribution is 6.30. The summed E-state index contributed by atoms with van der Waals surface area (Å²) >= 11 is 5.79. The summed E-state index contributed by atoms with van der Waals surface area (Å²) in [4.78, 5) is 3.96. The van der Waals surface area contributed by atoms with Crippen molar-refractivity contribution in [2.24, 2.45) is 0 Å². The summed E-state index contributed by atoms with van der Waals surface area (Å²) < 4.78 is 0. The fourth-order valence-corrected chi connectivity index (χ4v) is 1.20. The van der Waals surface area contributed by atoms with E-state index in [9.17, 15) is 0 Å². The summed E-state index contributed by atoms with van der Waals surface area (Å²) in [6.07, 6.45) is 6.48.